The topological polar surface area (TPSA) is 37.4 Å². The van der Waals surface area contributed by atoms with Crippen LogP contribution in [0.25, 0.3) is 43.1 Å². The summed E-state index contributed by atoms with van der Waals surface area (Å²) in [5.41, 5.74) is 5.85. The number of carbonyl (C=O) groups is 2. The van der Waals surface area contributed by atoms with Crippen LogP contribution >= 0.6 is 0 Å². The highest BCUT2D eigenvalue weighted by Gasteiger charge is 2.33. The summed E-state index contributed by atoms with van der Waals surface area (Å²) in [6.45, 7) is 8.47. The van der Waals surface area contributed by atoms with Gasteiger partial charge in [-0.1, -0.05) is 24.3 Å². The number of benzene rings is 5. The molecule has 0 atom stereocenters. The number of carbonyl (C=O) groups excluding carboxylic acids is 2. The predicted octanol–water partition coefficient (Wildman–Crippen LogP) is 6.20. The Balaban J connectivity index is 2.09. The van der Waals surface area contributed by atoms with Crippen molar-refractivity contribution in [3.8, 4) is 0 Å². The minimum atomic E-state index is -0.220. The Bertz CT molecular complexity index is 1510. The Hall–Kier alpha value is -3.46. The third kappa shape index (κ3) is 1.82. The number of rotatable bonds is 0. The zero-order valence-corrected chi connectivity index (χ0v) is 17.7. The number of aryl methyl sites for hydroxylation is 4. The number of hydrogen-bond acceptors (Lipinski definition) is 2. The molecular weight excluding hydrogens is 370 g/mol. The first-order valence-corrected chi connectivity index (χ1v) is 10.3. The van der Waals surface area contributed by atoms with E-state index in [0.29, 0.717) is 11.1 Å². The van der Waals surface area contributed by atoms with Gasteiger partial charge in [0.25, 0.3) is 11.8 Å². The van der Waals surface area contributed by atoms with Crippen LogP contribution < -0.4 is 0 Å². The Morgan fingerprint density at radius 3 is 1.43 bits per heavy atom. The van der Waals surface area contributed by atoms with Crippen LogP contribution in [0.15, 0.2) is 36.4 Å². The molecule has 0 saturated carbocycles. The van der Waals surface area contributed by atoms with Crippen molar-refractivity contribution in [1.29, 1.82) is 0 Å². The fourth-order valence-corrected chi connectivity index (χ4v) is 5.61. The van der Waals surface area contributed by atoms with Crippen LogP contribution in [0.2, 0.25) is 0 Å². The summed E-state index contributed by atoms with van der Waals surface area (Å²) >= 11 is 0. The molecule has 0 radical (unpaired) electrons. The number of hydrogen-bond donors (Lipinski definition) is 0. The largest absolute Gasteiger partial charge is 0.277 e. The lowest BCUT2D eigenvalue weighted by Gasteiger charge is -2.28. The second-order valence-electron chi connectivity index (χ2n) is 8.76. The van der Waals surface area contributed by atoms with E-state index in [1.807, 2.05) is 12.1 Å². The molecule has 5 aromatic carbocycles. The molecule has 0 unspecified atom stereocenters. The highest BCUT2D eigenvalue weighted by molar-refractivity contribution is 6.40. The smallest absolute Gasteiger partial charge is 0.261 e. The second-order valence-corrected chi connectivity index (χ2v) is 8.76. The van der Waals surface area contributed by atoms with E-state index >= 15 is 0 Å². The minimum Gasteiger partial charge on any atom is -0.277 e. The fraction of sp³-hybridized carbons (Fsp3) is 0.185. The van der Waals surface area contributed by atoms with E-state index in [9.17, 15) is 9.59 Å². The van der Waals surface area contributed by atoms with Gasteiger partial charge in [0, 0.05) is 23.6 Å². The molecule has 5 aromatic rings. The fourth-order valence-electron chi connectivity index (χ4n) is 5.61. The maximum Gasteiger partial charge on any atom is 0.261 e. The lowest BCUT2D eigenvalue weighted by molar-refractivity contribution is 0.0650. The van der Waals surface area contributed by atoms with Crippen LogP contribution in [0.3, 0.4) is 0 Å². The maximum atomic E-state index is 13.1. The third-order valence-corrected chi connectivity index (χ3v) is 6.97. The zero-order chi connectivity index (χ0) is 21.1. The zero-order valence-electron chi connectivity index (χ0n) is 17.7. The molecule has 0 saturated heterocycles. The lowest BCUT2D eigenvalue weighted by Crippen LogP contribution is -2.37. The molecule has 30 heavy (non-hydrogen) atoms. The highest BCUT2D eigenvalue weighted by atomic mass is 16.2. The molecule has 3 nitrogen and oxygen atoms in total. The van der Waals surface area contributed by atoms with E-state index in [0.717, 1.165) is 21.9 Å². The average molecular weight is 391 g/mol. The summed E-state index contributed by atoms with van der Waals surface area (Å²) in [4.78, 5) is 27.4. The molecule has 146 valence electrons. The first-order valence-electron chi connectivity index (χ1n) is 10.3. The normalized spacial score (nSPS) is 14.2. The van der Waals surface area contributed by atoms with Crippen molar-refractivity contribution in [3.63, 3.8) is 0 Å². The molecule has 1 heterocycles. The molecule has 0 N–H and O–H groups in total. The monoisotopic (exact) mass is 391 g/mol. The van der Waals surface area contributed by atoms with Gasteiger partial charge in [-0.2, -0.15) is 0 Å². The Kier molecular flexibility index (Phi) is 3.11. The highest BCUT2D eigenvalue weighted by Crippen LogP contribution is 2.47. The van der Waals surface area contributed by atoms with E-state index in [4.69, 9.17) is 0 Å². The summed E-state index contributed by atoms with van der Waals surface area (Å²) in [6.07, 6.45) is 0. The first-order chi connectivity index (χ1) is 14.3. The Labute approximate surface area is 174 Å². The van der Waals surface area contributed by atoms with Gasteiger partial charge in [-0.05, 0) is 99.8 Å². The quantitative estimate of drug-likeness (QED) is 0.179. The van der Waals surface area contributed by atoms with Crippen LogP contribution in [-0.2, 0) is 0 Å². The van der Waals surface area contributed by atoms with Gasteiger partial charge in [-0.25, -0.2) is 0 Å². The van der Waals surface area contributed by atoms with Gasteiger partial charge < -0.3 is 0 Å². The third-order valence-electron chi connectivity index (χ3n) is 6.97. The van der Waals surface area contributed by atoms with E-state index in [-0.39, 0.29) is 11.8 Å². The number of imide groups is 1. The van der Waals surface area contributed by atoms with Crippen LogP contribution in [0.1, 0.15) is 43.0 Å². The van der Waals surface area contributed by atoms with Crippen molar-refractivity contribution in [2.75, 3.05) is 7.05 Å². The van der Waals surface area contributed by atoms with Gasteiger partial charge in [0.1, 0.15) is 0 Å². The van der Waals surface area contributed by atoms with E-state index in [1.54, 1.807) is 7.05 Å². The summed E-state index contributed by atoms with van der Waals surface area (Å²) < 4.78 is 0. The van der Waals surface area contributed by atoms with E-state index < -0.39 is 0 Å². The van der Waals surface area contributed by atoms with Gasteiger partial charge in [-0.3, -0.25) is 14.5 Å². The van der Waals surface area contributed by atoms with Crippen molar-refractivity contribution < 1.29 is 9.59 Å². The van der Waals surface area contributed by atoms with Gasteiger partial charge in [0.15, 0.2) is 0 Å². The van der Waals surface area contributed by atoms with Crippen molar-refractivity contribution in [2.45, 2.75) is 27.7 Å². The molecule has 0 spiro atoms. The first kappa shape index (κ1) is 17.4. The number of amides is 2. The van der Waals surface area contributed by atoms with Crippen LogP contribution in [-0.4, -0.2) is 23.8 Å². The molecule has 1 aliphatic rings. The molecule has 3 heteroatoms. The molecule has 0 aromatic heterocycles. The maximum absolute atomic E-state index is 13.1. The lowest BCUT2D eigenvalue weighted by atomic mass is 9.80. The number of fused-ring (bicyclic) bond motifs is 2. The predicted molar refractivity (Wildman–Crippen MR) is 123 cm³/mol. The standard InChI is InChI=1S/C27H21NO2/c1-12-6-8-16-9-7-13(2)20-22-15(4)11-18-24-17(26(29)28(5)27(18)30)10-14(3)21(25(22)24)19(12)23(16)20/h6-11H,1-5H3. The number of nitrogens with zero attached hydrogens (tertiary/aromatic N) is 1. The van der Waals surface area contributed by atoms with Crippen LogP contribution in [0.5, 0.6) is 0 Å². The van der Waals surface area contributed by atoms with Crippen molar-refractivity contribution in [3.05, 3.63) is 69.8 Å². The van der Waals surface area contributed by atoms with Gasteiger partial charge in [0.05, 0.1) is 0 Å². The van der Waals surface area contributed by atoms with Crippen molar-refractivity contribution >= 4 is 54.9 Å². The van der Waals surface area contributed by atoms with E-state index in [1.165, 1.54) is 48.3 Å². The Morgan fingerprint density at radius 2 is 0.967 bits per heavy atom. The molecule has 2 amide bonds. The van der Waals surface area contributed by atoms with Gasteiger partial charge >= 0.3 is 0 Å². The van der Waals surface area contributed by atoms with Gasteiger partial charge in [0.2, 0.25) is 0 Å². The average Bonchev–Trinajstić information content (AvgIpc) is 2.72. The summed E-state index contributed by atoms with van der Waals surface area (Å²) in [5, 5.41) is 9.18. The SMILES string of the molecule is Cc1ccc2ccc(C)c3c4c(C)cc5c6c(cc(C)c(c1c23)c64)C(=O)N(C)C5=O. The summed E-state index contributed by atoms with van der Waals surface area (Å²) in [5.74, 6) is -0.440. The van der Waals surface area contributed by atoms with Crippen LogP contribution in [0.4, 0.5) is 0 Å². The minimum absolute atomic E-state index is 0.220. The Morgan fingerprint density at radius 1 is 0.533 bits per heavy atom. The molecule has 1 aliphatic heterocycles. The molecule has 0 bridgehead atoms. The van der Waals surface area contributed by atoms with Crippen LogP contribution in [0, 0.1) is 27.7 Å². The molecule has 0 fully saturated rings. The van der Waals surface area contributed by atoms with Gasteiger partial charge in [-0.15, -0.1) is 0 Å². The molecule has 0 aliphatic carbocycles. The van der Waals surface area contributed by atoms with Crippen molar-refractivity contribution in [2.24, 2.45) is 0 Å². The van der Waals surface area contributed by atoms with E-state index in [2.05, 4.69) is 52.0 Å². The molecular formula is C27H21NO2. The molecule has 6 rings (SSSR count). The summed E-state index contributed by atoms with van der Waals surface area (Å²) in [7, 11) is 1.57. The second kappa shape index (κ2) is 5.37. The van der Waals surface area contributed by atoms with Crippen molar-refractivity contribution in [1.82, 2.24) is 4.90 Å². The summed E-state index contributed by atoms with van der Waals surface area (Å²) in [6, 6.07) is 12.7.